The molecule has 8 nitrogen and oxygen atoms in total. The van der Waals surface area contributed by atoms with Crippen molar-refractivity contribution >= 4 is 29.3 Å². The molecule has 0 saturated heterocycles. The molecule has 2 heterocycles. The number of thioether (sulfide) groups is 1. The Morgan fingerprint density at radius 3 is 2.21 bits per heavy atom. The lowest BCUT2D eigenvalue weighted by Gasteiger charge is -2.42. The Balaban J connectivity index is 1.41. The van der Waals surface area contributed by atoms with Crippen LogP contribution in [0.2, 0.25) is 0 Å². The predicted molar refractivity (Wildman–Crippen MR) is 175 cm³/mol. The third kappa shape index (κ3) is 7.72. The van der Waals surface area contributed by atoms with Crippen LogP contribution in [0.1, 0.15) is 92.5 Å². The molecular formula is C34H48N6O2S. The molecule has 1 atom stereocenters. The molecule has 3 N–H and O–H groups in total. The zero-order valence-corrected chi connectivity index (χ0v) is 26.8. The molecule has 232 valence electrons. The summed E-state index contributed by atoms with van der Waals surface area (Å²) in [6.07, 6.45) is 16.6. The van der Waals surface area contributed by atoms with Gasteiger partial charge < -0.3 is 10.6 Å². The van der Waals surface area contributed by atoms with Gasteiger partial charge in [-0.1, -0.05) is 76.3 Å². The van der Waals surface area contributed by atoms with Crippen molar-refractivity contribution in [3.8, 4) is 11.1 Å². The molecule has 2 aromatic heterocycles. The monoisotopic (exact) mass is 604 g/mol. The highest BCUT2D eigenvalue weighted by Gasteiger charge is 2.41. The third-order valence-corrected chi connectivity index (χ3v) is 10.3. The van der Waals surface area contributed by atoms with Gasteiger partial charge in [0.1, 0.15) is 11.7 Å². The molecule has 3 aromatic rings. The van der Waals surface area contributed by atoms with Gasteiger partial charge in [-0.2, -0.15) is 22.0 Å². The number of aromatic amines is 1. The average Bonchev–Trinajstić information content (AvgIpc) is 3.64. The van der Waals surface area contributed by atoms with Crippen LogP contribution in [0, 0.1) is 31.6 Å². The van der Waals surface area contributed by atoms with E-state index >= 15 is 0 Å². The van der Waals surface area contributed by atoms with E-state index in [4.69, 9.17) is 0 Å². The Morgan fingerprint density at radius 2 is 1.63 bits per heavy atom. The molecule has 1 aromatic carbocycles. The maximum absolute atomic E-state index is 14.3. The first-order valence-corrected chi connectivity index (χ1v) is 17.6. The van der Waals surface area contributed by atoms with Crippen molar-refractivity contribution in [1.29, 1.82) is 0 Å². The molecule has 2 aliphatic rings. The van der Waals surface area contributed by atoms with Crippen molar-refractivity contribution in [2.45, 2.75) is 97.1 Å². The first-order chi connectivity index (χ1) is 21.0. The largest absolute Gasteiger partial charge is 0.339 e. The van der Waals surface area contributed by atoms with Crippen molar-refractivity contribution in [2.75, 3.05) is 17.3 Å². The van der Waals surface area contributed by atoms with Crippen LogP contribution in [0.3, 0.4) is 0 Å². The van der Waals surface area contributed by atoms with Crippen molar-refractivity contribution in [2.24, 2.45) is 17.8 Å². The number of nitrogens with one attached hydrogen (secondary N) is 3. The second-order valence-electron chi connectivity index (χ2n) is 12.5. The minimum absolute atomic E-state index is 0.118. The number of aromatic nitrogens is 4. The van der Waals surface area contributed by atoms with Gasteiger partial charge in [0, 0.05) is 29.7 Å². The van der Waals surface area contributed by atoms with Gasteiger partial charge in [-0.05, 0) is 73.8 Å². The molecular weight excluding hydrogens is 556 g/mol. The normalized spacial score (nSPS) is 17.2. The van der Waals surface area contributed by atoms with Gasteiger partial charge in [0.15, 0.2) is 0 Å². The number of hydrogen-bond donors (Lipinski definition) is 3. The van der Waals surface area contributed by atoms with Crippen LogP contribution in [0.4, 0.5) is 5.69 Å². The van der Waals surface area contributed by atoms with Crippen LogP contribution in [0.25, 0.3) is 11.1 Å². The lowest BCUT2D eigenvalue weighted by Crippen LogP contribution is -2.53. The Morgan fingerprint density at radius 1 is 0.977 bits per heavy atom. The summed E-state index contributed by atoms with van der Waals surface area (Å²) in [5, 5.41) is 18.3. The molecule has 0 aliphatic heterocycles. The molecule has 43 heavy (non-hydrogen) atoms. The fourth-order valence-electron chi connectivity index (χ4n) is 7.50. The minimum atomic E-state index is -0.605. The summed E-state index contributed by atoms with van der Waals surface area (Å²) in [6.45, 7) is 4.70. The Labute approximate surface area is 260 Å². The Bertz CT molecular complexity index is 1300. The Hall–Kier alpha value is -3.07. The zero-order valence-electron chi connectivity index (χ0n) is 26.0. The standard InChI is InChI=1S/C34H48N6O2S/c1-23-30(24(2)39-38-23)27-15-17-28(18-16-27)36-34(42)32(37-33(41)29-19-20-35-40(29)21-10-22-43-3)31(25-11-6-4-7-12-25)26-13-8-5-9-14-26/h15-20,25-26,31-32H,4-14,21-22H2,1-3H3,(H,36,42)(H,37,41)(H,38,39)/t32-/m0/s1. The number of anilines is 1. The number of hydrogen-bond acceptors (Lipinski definition) is 5. The second kappa shape index (κ2) is 15.1. The van der Waals surface area contributed by atoms with Gasteiger partial charge in [0.2, 0.25) is 5.91 Å². The number of benzene rings is 1. The van der Waals surface area contributed by atoms with E-state index in [2.05, 4.69) is 32.2 Å². The van der Waals surface area contributed by atoms with Gasteiger partial charge >= 0.3 is 0 Å². The predicted octanol–water partition coefficient (Wildman–Crippen LogP) is 7.16. The van der Waals surface area contributed by atoms with Crippen LogP contribution >= 0.6 is 11.8 Å². The van der Waals surface area contributed by atoms with Gasteiger partial charge in [-0.25, -0.2) is 0 Å². The topological polar surface area (TPSA) is 105 Å². The minimum Gasteiger partial charge on any atom is -0.339 e. The molecule has 2 aliphatic carbocycles. The van der Waals surface area contributed by atoms with E-state index in [-0.39, 0.29) is 17.7 Å². The third-order valence-electron chi connectivity index (χ3n) is 9.58. The summed E-state index contributed by atoms with van der Waals surface area (Å²) in [5.41, 5.74) is 5.38. The van der Waals surface area contributed by atoms with Crippen LogP contribution in [0.5, 0.6) is 0 Å². The van der Waals surface area contributed by atoms with Gasteiger partial charge in [0.25, 0.3) is 5.91 Å². The molecule has 0 radical (unpaired) electrons. The first kappa shape index (κ1) is 31.4. The van der Waals surface area contributed by atoms with Gasteiger partial charge in [-0.15, -0.1) is 0 Å². The number of rotatable bonds is 12. The van der Waals surface area contributed by atoms with Crippen molar-refractivity contribution in [3.63, 3.8) is 0 Å². The molecule has 2 fully saturated rings. The second-order valence-corrected chi connectivity index (χ2v) is 13.5. The van der Waals surface area contributed by atoms with Crippen LogP contribution in [0.15, 0.2) is 36.5 Å². The first-order valence-electron chi connectivity index (χ1n) is 16.2. The molecule has 0 unspecified atom stereocenters. The summed E-state index contributed by atoms with van der Waals surface area (Å²) >= 11 is 1.79. The van der Waals surface area contributed by atoms with Gasteiger partial charge in [-0.3, -0.25) is 19.4 Å². The summed E-state index contributed by atoms with van der Waals surface area (Å²) < 4.78 is 1.79. The lowest BCUT2D eigenvalue weighted by atomic mass is 9.66. The maximum atomic E-state index is 14.3. The van der Waals surface area contributed by atoms with Crippen molar-refractivity contribution < 1.29 is 9.59 Å². The highest BCUT2D eigenvalue weighted by Crippen LogP contribution is 2.42. The van der Waals surface area contributed by atoms with E-state index in [1.165, 1.54) is 38.5 Å². The van der Waals surface area contributed by atoms with E-state index in [1.54, 1.807) is 28.7 Å². The fourth-order valence-corrected chi connectivity index (χ4v) is 7.92. The number of aryl methyl sites for hydroxylation is 3. The SMILES string of the molecule is CSCCCn1nccc1C(=O)N[C@H](C(=O)Nc1ccc(-c2c(C)n[nH]c2C)cc1)C(C1CCCCC1)C1CCCCC1. The van der Waals surface area contributed by atoms with Crippen molar-refractivity contribution in [1.82, 2.24) is 25.3 Å². The number of carbonyl (C=O) groups excluding carboxylic acids is 2. The lowest BCUT2D eigenvalue weighted by molar-refractivity contribution is -0.120. The maximum Gasteiger partial charge on any atom is 0.270 e. The highest BCUT2D eigenvalue weighted by molar-refractivity contribution is 7.98. The summed E-state index contributed by atoms with van der Waals surface area (Å²) in [5.74, 6) is 1.68. The summed E-state index contributed by atoms with van der Waals surface area (Å²) in [7, 11) is 0. The van der Waals surface area contributed by atoms with Gasteiger partial charge in [0.05, 0.1) is 5.69 Å². The highest BCUT2D eigenvalue weighted by atomic mass is 32.2. The molecule has 0 spiro atoms. The Kier molecular flexibility index (Phi) is 11.0. The van der Waals surface area contributed by atoms with Crippen molar-refractivity contribution in [3.05, 3.63) is 53.6 Å². The smallest absolute Gasteiger partial charge is 0.270 e. The van der Waals surface area contributed by atoms with E-state index < -0.39 is 6.04 Å². The summed E-state index contributed by atoms with van der Waals surface area (Å²) in [6, 6.07) is 9.13. The summed E-state index contributed by atoms with van der Waals surface area (Å²) in [4.78, 5) is 28.2. The quantitative estimate of drug-likeness (QED) is 0.190. The zero-order chi connectivity index (χ0) is 30.2. The number of amides is 2. The number of H-pyrrole nitrogens is 1. The van der Waals surface area contributed by atoms with Crippen LogP contribution in [-0.4, -0.2) is 49.8 Å². The molecule has 2 saturated carbocycles. The van der Waals surface area contributed by atoms with E-state index in [9.17, 15) is 9.59 Å². The van der Waals surface area contributed by atoms with Crippen LogP contribution < -0.4 is 10.6 Å². The number of carbonyl (C=O) groups is 2. The van der Waals surface area contributed by atoms with Crippen LogP contribution in [-0.2, 0) is 11.3 Å². The molecule has 2 amide bonds. The van der Waals surface area contributed by atoms with E-state index in [0.29, 0.717) is 24.1 Å². The number of nitrogens with zero attached hydrogens (tertiary/aromatic N) is 3. The average molecular weight is 605 g/mol. The van der Waals surface area contributed by atoms with E-state index in [1.807, 2.05) is 38.1 Å². The molecule has 0 bridgehead atoms. The molecule has 5 rings (SSSR count). The molecule has 9 heteroatoms. The fraction of sp³-hybridized carbons (Fsp3) is 0.588. The van der Waals surface area contributed by atoms with E-state index in [0.717, 1.165) is 66.1 Å².